The number of anilines is 2. The first kappa shape index (κ1) is 19.9. The van der Waals surface area contributed by atoms with Crippen LogP contribution < -0.4 is 24.8 Å². The van der Waals surface area contributed by atoms with Crippen molar-refractivity contribution in [2.24, 2.45) is 0 Å². The van der Waals surface area contributed by atoms with E-state index in [2.05, 4.69) is 20.6 Å². The molecule has 2 aromatic carbocycles. The van der Waals surface area contributed by atoms with Gasteiger partial charge in [0.05, 0.1) is 26.9 Å². The molecule has 3 aromatic rings. The number of nitrogens with zero attached hydrogens (tertiary/aromatic N) is 2. The van der Waals surface area contributed by atoms with Crippen LogP contribution in [-0.4, -0.2) is 37.2 Å². The molecule has 8 nitrogen and oxygen atoms in total. The second-order valence-corrected chi connectivity index (χ2v) is 6.02. The molecule has 0 aliphatic rings. The number of rotatable bonds is 8. The van der Waals surface area contributed by atoms with Crippen molar-refractivity contribution in [2.75, 3.05) is 26.6 Å². The lowest BCUT2D eigenvalue weighted by molar-refractivity contribution is 0.0950. The Morgan fingerprint density at radius 2 is 1.59 bits per heavy atom. The number of aromatic nitrogens is 2. The molecule has 8 heteroatoms. The van der Waals surface area contributed by atoms with Crippen molar-refractivity contribution in [1.29, 1.82) is 0 Å². The van der Waals surface area contributed by atoms with Crippen LogP contribution in [-0.2, 0) is 6.54 Å². The molecule has 1 amide bonds. The molecule has 0 atom stereocenters. The van der Waals surface area contributed by atoms with Crippen LogP contribution in [0.25, 0.3) is 0 Å². The van der Waals surface area contributed by atoms with Gasteiger partial charge in [0.2, 0.25) is 5.95 Å². The van der Waals surface area contributed by atoms with Gasteiger partial charge in [-0.25, -0.2) is 9.97 Å². The first-order valence-corrected chi connectivity index (χ1v) is 8.85. The number of amides is 1. The van der Waals surface area contributed by atoms with E-state index in [1.807, 2.05) is 36.4 Å². The number of benzene rings is 2. The minimum atomic E-state index is -0.268. The van der Waals surface area contributed by atoms with Crippen LogP contribution in [0.1, 0.15) is 15.9 Å². The van der Waals surface area contributed by atoms with Gasteiger partial charge in [0.25, 0.3) is 5.91 Å². The predicted octanol–water partition coefficient (Wildman–Crippen LogP) is 3.18. The third-order valence-corrected chi connectivity index (χ3v) is 4.16. The Morgan fingerprint density at radius 1 is 0.897 bits per heavy atom. The van der Waals surface area contributed by atoms with E-state index in [4.69, 9.17) is 14.2 Å². The molecule has 0 spiro atoms. The van der Waals surface area contributed by atoms with E-state index in [-0.39, 0.29) is 5.91 Å². The van der Waals surface area contributed by atoms with Gasteiger partial charge in [-0.3, -0.25) is 4.79 Å². The maximum Gasteiger partial charge on any atom is 0.254 e. The molecule has 150 valence electrons. The van der Waals surface area contributed by atoms with Gasteiger partial charge in [-0.15, -0.1) is 0 Å². The number of ether oxygens (including phenoxy) is 3. The van der Waals surface area contributed by atoms with Gasteiger partial charge in [-0.2, -0.15) is 0 Å². The molecule has 0 aliphatic heterocycles. The molecule has 0 aliphatic carbocycles. The molecule has 0 unspecified atom stereocenters. The molecule has 0 saturated carbocycles. The summed E-state index contributed by atoms with van der Waals surface area (Å²) in [7, 11) is 4.76. The highest BCUT2D eigenvalue weighted by Crippen LogP contribution is 2.27. The molecular formula is C21H22N4O4. The zero-order chi connectivity index (χ0) is 20.6. The SMILES string of the molecule is COc1ccc(Nc2ncc(C(=O)NCc3ccc(OC)c(OC)c3)cn2)cc1. The van der Waals surface area contributed by atoms with Crippen LogP contribution in [0, 0.1) is 0 Å². The minimum Gasteiger partial charge on any atom is -0.497 e. The number of hydrogen-bond donors (Lipinski definition) is 2. The Morgan fingerprint density at radius 3 is 2.21 bits per heavy atom. The molecule has 0 bridgehead atoms. The van der Waals surface area contributed by atoms with Crippen LogP contribution in [0.2, 0.25) is 0 Å². The second kappa shape index (κ2) is 9.41. The number of carbonyl (C=O) groups excluding carboxylic acids is 1. The fourth-order valence-corrected chi connectivity index (χ4v) is 2.59. The maximum absolute atomic E-state index is 12.4. The summed E-state index contributed by atoms with van der Waals surface area (Å²) in [5.74, 6) is 2.13. The van der Waals surface area contributed by atoms with Gasteiger partial charge in [-0.05, 0) is 42.0 Å². The van der Waals surface area contributed by atoms with Crippen LogP contribution in [0.3, 0.4) is 0 Å². The summed E-state index contributed by atoms with van der Waals surface area (Å²) < 4.78 is 15.6. The lowest BCUT2D eigenvalue weighted by atomic mass is 10.2. The van der Waals surface area contributed by atoms with E-state index in [9.17, 15) is 4.79 Å². The van der Waals surface area contributed by atoms with Crippen molar-refractivity contribution < 1.29 is 19.0 Å². The van der Waals surface area contributed by atoms with Crippen LogP contribution in [0.5, 0.6) is 17.2 Å². The zero-order valence-electron chi connectivity index (χ0n) is 16.4. The van der Waals surface area contributed by atoms with Gasteiger partial charge in [0.1, 0.15) is 5.75 Å². The molecule has 0 saturated heterocycles. The van der Waals surface area contributed by atoms with E-state index in [1.54, 1.807) is 27.4 Å². The lowest BCUT2D eigenvalue weighted by Crippen LogP contribution is -2.23. The third-order valence-electron chi connectivity index (χ3n) is 4.16. The molecule has 1 aromatic heterocycles. The summed E-state index contributed by atoms with van der Waals surface area (Å²) in [4.78, 5) is 20.7. The van der Waals surface area contributed by atoms with E-state index in [1.165, 1.54) is 12.4 Å². The van der Waals surface area contributed by atoms with Crippen LogP contribution in [0.15, 0.2) is 54.9 Å². The van der Waals surface area contributed by atoms with E-state index >= 15 is 0 Å². The summed E-state index contributed by atoms with van der Waals surface area (Å²) in [6.07, 6.45) is 2.95. The molecule has 3 rings (SSSR count). The average molecular weight is 394 g/mol. The zero-order valence-corrected chi connectivity index (χ0v) is 16.4. The third kappa shape index (κ3) is 5.13. The normalized spacial score (nSPS) is 10.2. The van der Waals surface area contributed by atoms with Crippen LogP contribution >= 0.6 is 0 Å². The van der Waals surface area contributed by atoms with Gasteiger partial charge < -0.3 is 24.8 Å². The topological polar surface area (TPSA) is 94.6 Å². The smallest absolute Gasteiger partial charge is 0.254 e. The van der Waals surface area contributed by atoms with Crippen molar-refractivity contribution in [1.82, 2.24) is 15.3 Å². The molecule has 29 heavy (non-hydrogen) atoms. The van der Waals surface area contributed by atoms with E-state index in [0.717, 1.165) is 17.0 Å². The predicted molar refractivity (Wildman–Crippen MR) is 109 cm³/mol. The van der Waals surface area contributed by atoms with Crippen molar-refractivity contribution in [3.05, 3.63) is 66.0 Å². The summed E-state index contributed by atoms with van der Waals surface area (Å²) >= 11 is 0. The van der Waals surface area contributed by atoms with E-state index in [0.29, 0.717) is 29.6 Å². The monoisotopic (exact) mass is 394 g/mol. The quantitative estimate of drug-likeness (QED) is 0.606. The van der Waals surface area contributed by atoms with Gasteiger partial charge in [0, 0.05) is 24.6 Å². The van der Waals surface area contributed by atoms with Crippen molar-refractivity contribution in [3.8, 4) is 17.2 Å². The average Bonchev–Trinajstić information content (AvgIpc) is 2.78. The maximum atomic E-state index is 12.4. The molecular weight excluding hydrogens is 372 g/mol. The van der Waals surface area contributed by atoms with E-state index < -0.39 is 0 Å². The highest BCUT2D eigenvalue weighted by atomic mass is 16.5. The molecule has 2 N–H and O–H groups in total. The fraction of sp³-hybridized carbons (Fsp3) is 0.190. The lowest BCUT2D eigenvalue weighted by Gasteiger charge is -2.10. The first-order valence-electron chi connectivity index (χ1n) is 8.85. The standard InChI is InChI=1S/C21H22N4O4/c1-27-17-7-5-16(6-8-17)25-21-23-12-15(13-24-21)20(26)22-11-14-4-9-18(28-2)19(10-14)29-3/h4-10,12-13H,11H2,1-3H3,(H,22,26)(H,23,24,25). The van der Waals surface area contributed by atoms with Gasteiger partial charge in [-0.1, -0.05) is 6.07 Å². The number of nitrogens with one attached hydrogen (secondary N) is 2. The molecule has 0 radical (unpaired) electrons. The minimum absolute atomic E-state index is 0.268. The molecule has 1 heterocycles. The fourth-order valence-electron chi connectivity index (χ4n) is 2.59. The van der Waals surface area contributed by atoms with Crippen LogP contribution in [0.4, 0.5) is 11.6 Å². The van der Waals surface area contributed by atoms with Crippen molar-refractivity contribution in [3.63, 3.8) is 0 Å². The summed E-state index contributed by atoms with van der Waals surface area (Å²) in [6.45, 7) is 0.338. The number of carbonyl (C=O) groups is 1. The highest BCUT2D eigenvalue weighted by Gasteiger charge is 2.09. The highest BCUT2D eigenvalue weighted by molar-refractivity contribution is 5.93. The number of hydrogen-bond acceptors (Lipinski definition) is 7. The Labute approximate surface area is 168 Å². The summed E-state index contributed by atoms with van der Waals surface area (Å²) in [5.41, 5.74) is 2.07. The Bertz CT molecular complexity index is 959. The Kier molecular flexibility index (Phi) is 6.47. The molecule has 0 fully saturated rings. The Balaban J connectivity index is 1.58. The van der Waals surface area contributed by atoms with Gasteiger partial charge in [0.15, 0.2) is 11.5 Å². The summed E-state index contributed by atoms with van der Waals surface area (Å²) in [6, 6.07) is 12.8. The van der Waals surface area contributed by atoms with Crippen molar-refractivity contribution in [2.45, 2.75) is 6.54 Å². The first-order chi connectivity index (χ1) is 14.1. The Hall–Kier alpha value is -3.81. The number of methoxy groups -OCH3 is 3. The largest absolute Gasteiger partial charge is 0.497 e. The summed E-state index contributed by atoms with van der Waals surface area (Å²) in [5, 5.41) is 5.90. The second-order valence-electron chi connectivity index (χ2n) is 6.02. The van der Waals surface area contributed by atoms with Crippen molar-refractivity contribution >= 4 is 17.5 Å². The van der Waals surface area contributed by atoms with Gasteiger partial charge >= 0.3 is 0 Å².